The van der Waals surface area contributed by atoms with Gasteiger partial charge in [0.15, 0.2) is 5.84 Å². The Morgan fingerprint density at radius 2 is 1.81 bits per heavy atom. The molecule has 0 amide bonds. The first-order valence-corrected chi connectivity index (χ1v) is 9.67. The number of benzene rings is 2. The number of nitrogens with zero attached hydrogens (tertiary/aromatic N) is 3. The van der Waals surface area contributed by atoms with Crippen molar-refractivity contribution in [1.29, 1.82) is 10.8 Å². The normalized spacial score (nSPS) is 11.6. The first kappa shape index (κ1) is 20.5. The number of hydrogen-bond acceptors (Lipinski definition) is 5. The smallest absolute Gasteiger partial charge is 0.330 e. The molecule has 0 saturated carbocycles. The first-order chi connectivity index (χ1) is 14.9. The van der Waals surface area contributed by atoms with Gasteiger partial charge in [-0.05, 0) is 48.9 Å². The van der Waals surface area contributed by atoms with Crippen LogP contribution >= 0.6 is 0 Å². The summed E-state index contributed by atoms with van der Waals surface area (Å²) in [6.07, 6.45) is 2.32. The van der Waals surface area contributed by atoms with Gasteiger partial charge in [-0.2, -0.15) is 18.6 Å². The zero-order valence-electron chi connectivity index (χ0n) is 16.5. The standard InChI is InChI=1S/C23H20F2N6/c24-23(25,18-7-8-19-17(14-18)2-1-13-29-19)22(28)31-21(27)10-9-20(30-31)16-5-3-15(4-6-16)11-12-26/h1-10,13-14,27-28H,11-12,26H2. The van der Waals surface area contributed by atoms with Crippen molar-refractivity contribution in [3.63, 3.8) is 0 Å². The van der Waals surface area contributed by atoms with E-state index in [1.54, 1.807) is 24.4 Å². The van der Waals surface area contributed by atoms with Crippen molar-refractivity contribution >= 4 is 16.7 Å². The van der Waals surface area contributed by atoms with Crippen molar-refractivity contribution in [2.75, 3.05) is 6.54 Å². The quantitative estimate of drug-likeness (QED) is 0.340. The minimum Gasteiger partial charge on any atom is -0.330 e. The molecule has 0 saturated heterocycles. The van der Waals surface area contributed by atoms with E-state index in [4.69, 9.17) is 16.6 Å². The Morgan fingerprint density at radius 3 is 2.55 bits per heavy atom. The minimum absolute atomic E-state index is 0.310. The van der Waals surface area contributed by atoms with Gasteiger partial charge in [-0.15, -0.1) is 0 Å². The summed E-state index contributed by atoms with van der Waals surface area (Å²) >= 11 is 0. The van der Waals surface area contributed by atoms with Gasteiger partial charge >= 0.3 is 5.92 Å². The second-order valence-corrected chi connectivity index (χ2v) is 7.09. The average Bonchev–Trinajstić information content (AvgIpc) is 2.79. The Balaban J connectivity index is 1.71. The molecule has 0 fully saturated rings. The number of aromatic nitrogens is 3. The third-order valence-electron chi connectivity index (χ3n) is 4.99. The molecule has 0 atom stereocenters. The summed E-state index contributed by atoms with van der Waals surface area (Å²) in [6, 6.07) is 17.7. The van der Waals surface area contributed by atoms with E-state index in [9.17, 15) is 0 Å². The van der Waals surface area contributed by atoms with Crippen molar-refractivity contribution in [3.05, 3.63) is 89.5 Å². The fourth-order valence-electron chi connectivity index (χ4n) is 3.30. The van der Waals surface area contributed by atoms with E-state index >= 15 is 8.78 Å². The maximum absolute atomic E-state index is 15.2. The molecule has 4 aromatic rings. The SMILES string of the molecule is N=C(n1nc(-c2ccc(CCN)cc2)ccc1=N)C(F)(F)c1ccc2ncccc2c1. The summed E-state index contributed by atoms with van der Waals surface area (Å²) in [5, 5.41) is 20.9. The molecule has 2 aromatic carbocycles. The molecule has 0 aliphatic carbocycles. The van der Waals surface area contributed by atoms with Crippen LogP contribution in [0.3, 0.4) is 0 Å². The van der Waals surface area contributed by atoms with Gasteiger partial charge in [0.25, 0.3) is 0 Å². The van der Waals surface area contributed by atoms with Crippen LogP contribution in [0, 0.1) is 10.8 Å². The van der Waals surface area contributed by atoms with E-state index in [0.29, 0.717) is 33.4 Å². The van der Waals surface area contributed by atoms with Crippen molar-refractivity contribution in [1.82, 2.24) is 14.8 Å². The second kappa shape index (κ2) is 8.16. The Labute approximate surface area is 177 Å². The maximum atomic E-state index is 15.2. The molecule has 156 valence electrons. The van der Waals surface area contributed by atoms with Gasteiger partial charge in [-0.3, -0.25) is 15.8 Å². The summed E-state index contributed by atoms with van der Waals surface area (Å²) in [4.78, 5) is 4.13. The summed E-state index contributed by atoms with van der Waals surface area (Å²) in [7, 11) is 0. The third kappa shape index (κ3) is 3.97. The molecule has 4 rings (SSSR count). The van der Waals surface area contributed by atoms with Crippen LogP contribution in [0.1, 0.15) is 11.1 Å². The number of rotatable bonds is 5. The molecular formula is C23H20F2N6. The highest BCUT2D eigenvalue weighted by Crippen LogP contribution is 2.31. The highest BCUT2D eigenvalue weighted by molar-refractivity contribution is 5.90. The number of alkyl halides is 2. The zero-order valence-corrected chi connectivity index (χ0v) is 16.5. The van der Waals surface area contributed by atoms with Crippen molar-refractivity contribution in [2.45, 2.75) is 12.3 Å². The fraction of sp³-hybridized carbons (Fsp3) is 0.130. The molecule has 2 aromatic heterocycles. The molecule has 0 radical (unpaired) electrons. The van der Waals surface area contributed by atoms with Gasteiger partial charge in [-0.25, -0.2) is 0 Å². The van der Waals surface area contributed by atoms with Gasteiger partial charge in [0, 0.05) is 22.7 Å². The maximum Gasteiger partial charge on any atom is 0.331 e. The second-order valence-electron chi connectivity index (χ2n) is 7.09. The van der Waals surface area contributed by atoms with E-state index < -0.39 is 11.8 Å². The molecule has 6 nitrogen and oxygen atoms in total. The highest BCUT2D eigenvalue weighted by Gasteiger charge is 2.39. The number of pyridine rings is 1. The Hall–Kier alpha value is -3.78. The molecule has 8 heteroatoms. The molecule has 0 aliphatic rings. The van der Waals surface area contributed by atoms with Crippen LogP contribution in [0.2, 0.25) is 0 Å². The summed E-state index contributed by atoms with van der Waals surface area (Å²) in [5.74, 6) is -4.75. The largest absolute Gasteiger partial charge is 0.331 e. The van der Waals surface area contributed by atoms with E-state index in [1.165, 1.54) is 24.3 Å². The lowest BCUT2D eigenvalue weighted by atomic mass is 10.0. The fourth-order valence-corrected chi connectivity index (χ4v) is 3.30. The van der Waals surface area contributed by atoms with Crippen LogP contribution in [-0.2, 0) is 12.3 Å². The molecular weight excluding hydrogens is 398 g/mol. The lowest BCUT2D eigenvalue weighted by Gasteiger charge is -2.19. The third-order valence-corrected chi connectivity index (χ3v) is 4.99. The van der Waals surface area contributed by atoms with E-state index in [0.717, 1.165) is 12.0 Å². The van der Waals surface area contributed by atoms with Crippen molar-refractivity contribution in [2.24, 2.45) is 5.73 Å². The predicted octanol–water partition coefficient (Wildman–Crippen LogP) is 3.70. The Morgan fingerprint density at radius 1 is 1.03 bits per heavy atom. The monoisotopic (exact) mass is 418 g/mol. The van der Waals surface area contributed by atoms with Gasteiger partial charge in [0.2, 0.25) is 0 Å². The first-order valence-electron chi connectivity index (χ1n) is 9.67. The topological polar surface area (TPSA) is 104 Å². The van der Waals surface area contributed by atoms with Gasteiger partial charge in [-0.1, -0.05) is 36.4 Å². The molecule has 0 unspecified atom stereocenters. The van der Waals surface area contributed by atoms with Crippen LogP contribution in [0.5, 0.6) is 0 Å². The van der Waals surface area contributed by atoms with E-state index in [1.807, 2.05) is 24.3 Å². The van der Waals surface area contributed by atoms with Crippen LogP contribution in [0.15, 0.2) is 72.9 Å². The van der Waals surface area contributed by atoms with Gasteiger partial charge < -0.3 is 5.73 Å². The summed E-state index contributed by atoms with van der Waals surface area (Å²) in [6.45, 7) is 0.530. The number of halogens is 2. The zero-order chi connectivity index (χ0) is 22.0. The lowest BCUT2D eigenvalue weighted by Crippen LogP contribution is -2.39. The van der Waals surface area contributed by atoms with Crippen LogP contribution in [-0.4, -0.2) is 27.1 Å². The molecule has 0 bridgehead atoms. The highest BCUT2D eigenvalue weighted by atomic mass is 19.3. The molecule has 4 N–H and O–H groups in total. The van der Waals surface area contributed by atoms with Gasteiger partial charge in [0.1, 0.15) is 5.49 Å². The van der Waals surface area contributed by atoms with Crippen LogP contribution < -0.4 is 11.2 Å². The van der Waals surface area contributed by atoms with Crippen LogP contribution in [0.4, 0.5) is 8.78 Å². The van der Waals surface area contributed by atoms with E-state index in [-0.39, 0.29) is 11.1 Å². The van der Waals surface area contributed by atoms with Gasteiger partial charge in [0.05, 0.1) is 11.2 Å². The molecule has 0 spiro atoms. The minimum atomic E-state index is -3.65. The average molecular weight is 418 g/mol. The number of nitrogens with one attached hydrogen (secondary N) is 2. The van der Waals surface area contributed by atoms with Crippen molar-refractivity contribution < 1.29 is 8.78 Å². The Bertz CT molecular complexity index is 1310. The summed E-state index contributed by atoms with van der Waals surface area (Å²) in [5.41, 5.74) is 7.62. The van der Waals surface area contributed by atoms with E-state index in [2.05, 4.69) is 10.1 Å². The Kier molecular flexibility index (Phi) is 5.39. The molecule has 2 heterocycles. The number of hydrogen-bond donors (Lipinski definition) is 3. The number of fused-ring (bicyclic) bond motifs is 1. The number of nitrogens with two attached hydrogens (primary N) is 1. The lowest BCUT2D eigenvalue weighted by molar-refractivity contribution is 0.0697. The molecule has 31 heavy (non-hydrogen) atoms. The summed E-state index contributed by atoms with van der Waals surface area (Å²) < 4.78 is 31.1. The van der Waals surface area contributed by atoms with Crippen molar-refractivity contribution in [3.8, 4) is 11.3 Å². The molecule has 0 aliphatic heterocycles. The van der Waals surface area contributed by atoms with Crippen LogP contribution in [0.25, 0.3) is 22.2 Å². The predicted molar refractivity (Wildman–Crippen MR) is 115 cm³/mol.